The molecular formula is C10H13NO3. The Morgan fingerprint density at radius 1 is 1.50 bits per heavy atom. The summed E-state index contributed by atoms with van der Waals surface area (Å²) in [4.78, 5) is 21.7. The second-order valence-electron chi connectivity index (χ2n) is 3.18. The minimum atomic E-state index is -0.843. The number of hydrogen-bond acceptors (Lipinski definition) is 2. The van der Waals surface area contributed by atoms with Crippen molar-refractivity contribution in [3.8, 4) is 0 Å². The number of aliphatic carboxylic acids is 1. The van der Waals surface area contributed by atoms with Crippen LogP contribution in [-0.4, -0.2) is 23.0 Å². The van der Waals surface area contributed by atoms with Gasteiger partial charge in [0.2, 0.25) is 5.91 Å². The normalized spacial score (nSPS) is 25.5. The van der Waals surface area contributed by atoms with Crippen molar-refractivity contribution in [2.24, 2.45) is 5.92 Å². The molecule has 4 nitrogen and oxygen atoms in total. The van der Waals surface area contributed by atoms with Crippen molar-refractivity contribution in [2.45, 2.75) is 19.4 Å². The van der Waals surface area contributed by atoms with E-state index in [4.69, 9.17) is 5.11 Å². The number of hydrogen-bond donors (Lipinski definition) is 2. The summed E-state index contributed by atoms with van der Waals surface area (Å²) >= 11 is 0. The van der Waals surface area contributed by atoms with Crippen LogP contribution in [-0.2, 0) is 9.59 Å². The second kappa shape index (κ2) is 4.60. The third kappa shape index (κ3) is 2.73. The van der Waals surface area contributed by atoms with Crippen LogP contribution in [0.3, 0.4) is 0 Å². The van der Waals surface area contributed by atoms with Gasteiger partial charge >= 0.3 is 5.97 Å². The SMILES string of the molecule is C/C=C/C(=O)NC1C=CC(C(=O)O)C1. The molecule has 4 heteroatoms. The Labute approximate surface area is 82.3 Å². The van der Waals surface area contributed by atoms with Crippen molar-refractivity contribution in [1.82, 2.24) is 5.32 Å². The molecule has 1 rings (SSSR count). The molecular weight excluding hydrogens is 182 g/mol. The first-order valence-corrected chi connectivity index (χ1v) is 4.48. The van der Waals surface area contributed by atoms with Crippen LogP contribution in [0.1, 0.15) is 13.3 Å². The van der Waals surface area contributed by atoms with E-state index in [0.717, 1.165) is 0 Å². The zero-order valence-corrected chi connectivity index (χ0v) is 7.93. The maximum Gasteiger partial charge on any atom is 0.310 e. The third-order valence-electron chi connectivity index (χ3n) is 2.05. The van der Waals surface area contributed by atoms with E-state index < -0.39 is 11.9 Å². The molecule has 0 fully saturated rings. The van der Waals surface area contributed by atoms with E-state index in [-0.39, 0.29) is 11.9 Å². The van der Waals surface area contributed by atoms with Gasteiger partial charge in [-0.15, -0.1) is 0 Å². The van der Waals surface area contributed by atoms with Gasteiger partial charge in [0.1, 0.15) is 0 Å². The van der Waals surface area contributed by atoms with Crippen LogP contribution in [0.4, 0.5) is 0 Å². The Morgan fingerprint density at radius 2 is 2.21 bits per heavy atom. The zero-order valence-electron chi connectivity index (χ0n) is 7.93. The monoisotopic (exact) mass is 195 g/mol. The van der Waals surface area contributed by atoms with Gasteiger partial charge in [0.25, 0.3) is 0 Å². The van der Waals surface area contributed by atoms with Gasteiger partial charge in [0.15, 0.2) is 0 Å². The summed E-state index contributed by atoms with van der Waals surface area (Å²) in [6.45, 7) is 1.75. The van der Waals surface area contributed by atoms with Gasteiger partial charge in [-0.2, -0.15) is 0 Å². The molecule has 0 bridgehead atoms. The maximum absolute atomic E-state index is 11.1. The van der Waals surface area contributed by atoms with E-state index >= 15 is 0 Å². The molecule has 0 radical (unpaired) electrons. The molecule has 76 valence electrons. The van der Waals surface area contributed by atoms with Crippen LogP contribution in [0.15, 0.2) is 24.3 Å². The minimum Gasteiger partial charge on any atom is -0.481 e. The standard InChI is InChI=1S/C10H13NO3/c1-2-3-9(12)11-8-5-4-7(6-8)10(13)14/h2-5,7-8H,6H2,1H3,(H,11,12)(H,13,14)/b3-2+. The average Bonchev–Trinajstić information content (AvgIpc) is 2.53. The number of rotatable bonds is 3. The lowest BCUT2D eigenvalue weighted by Gasteiger charge is -2.09. The highest BCUT2D eigenvalue weighted by Gasteiger charge is 2.24. The zero-order chi connectivity index (χ0) is 10.6. The van der Waals surface area contributed by atoms with E-state index in [2.05, 4.69) is 5.32 Å². The van der Waals surface area contributed by atoms with Crippen molar-refractivity contribution in [2.75, 3.05) is 0 Å². The lowest BCUT2D eigenvalue weighted by molar-refractivity contribution is -0.140. The van der Waals surface area contributed by atoms with Crippen LogP contribution in [0.2, 0.25) is 0 Å². The fraction of sp³-hybridized carbons (Fsp3) is 0.400. The summed E-state index contributed by atoms with van der Waals surface area (Å²) in [6.07, 6.45) is 6.84. The molecule has 1 aliphatic rings. The molecule has 0 aliphatic heterocycles. The van der Waals surface area contributed by atoms with Gasteiger partial charge in [-0.05, 0) is 19.4 Å². The van der Waals surface area contributed by atoms with E-state index in [0.29, 0.717) is 6.42 Å². The van der Waals surface area contributed by atoms with Gasteiger partial charge in [-0.1, -0.05) is 18.2 Å². The molecule has 0 aromatic rings. The van der Waals surface area contributed by atoms with Crippen LogP contribution in [0, 0.1) is 5.92 Å². The lowest BCUT2D eigenvalue weighted by atomic mass is 10.1. The number of amides is 1. The molecule has 0 spiro atoms. The Balaban J connectivity index is 2.41. The van der Waals surface area contributed by atoms with Crippen molar-refractivity contribution in [3.05, 3.63) is 24.3 Å². The van der Waals surface area contributed by atoms with Gasteiger partial charge in [0, 0.05) is 6.04 Å². The van der Waals surface area contributed by atoms with E-state index in [1.807, 2.05) is 0 Å². The van der Waals surface area contributed by atoms with E-state index in [1.54, 1.807) is 25.2 Å². The van der Waals surface area contributed by atoms with Gasteiger partial charge in [0.05, 0.1) is 5.92 Å². The lowest BCUT2D eigenvalue weighted by Crippen LogP contribution is -2.31. The summed E-state index contributed by atoms with van der Waals surface area (Å²) in [5.41, 5.74) is 0. The van der Waals surface area contributed by atoms with Gasteiger partial charge in [-0.25, -0.2) is 0 Å². The molecule has 2 unspecified atom stereocenters. The summed E-state index contributed by atoms with van der Waals surface area (Å²) in [7, 11) is 0. The summed E-state index contributed by atoms with van der Waals surface area (Å²) in [6, 6.07) is -0.153. The molecule has 0 heterocycles. The Morgan fingerprint density at radius 3 is 2.71 bits per heavy atom. The molecule has 2 atom stereocenters. The first-order valence-electron chi connectivity index (χ1n) is 4.48. The Kier molecular flexibility index (Phi) is 3.45. The molecule has 1 aliphatic carbocycles. The van der Waals surface area contributed by atoms with Crippen molar-refractivity contribution >= 4 is 11.9 Å². The molecule has 0 aromatic heterocycles. The molecule has 14 heavy (non-hydrogen) atoms. The smallest absolute Gasteiger partial charge is 0.310 e. The minimum absolute atomic E-state index is 0.153. The Hall–Kier alpha value is -1.58. The molecule has 1 amide bonds. The fourth-order valence-corrected chi connectivity index (χ4v) is 1.37. The number of carboxylic acids is 1. The van der Waals surface area contributed by atoms with E-state index in [1.165, 1.54) is 6.08 Å². The quantitative estimate of drug-likeness (QED) is 0.514. The van der Waals surface area contributed by atoms with Crippen molar-refractivity contribution in [1.29, 1.82) is 0 Å². The fourth-order valence-electron chi connectivity index (χ4n) is 1.37. The largest absolute Gasteiger partial charge is 0.481 e. The highest BCUT2D eigenvalue weighted by Crippen LogP contribution is 2.17. The molecule has 0 saturated heterocycles. The van der Waals surface area contributed by atoms with Crippen molar-refractivity contribution < 1.29 is 14.7 Å². The summed E-state index contributed by atoms with van der Waals surface area (Å²) in [5.74, 6) is -1.50. The summed E-state index contributed by atoms with van der Waals surface area (Å²) < 4.78 is 0. The highest BCUT2D eigenvalue weighted by molar-refractivity contribution is 5.88. The molecule has 2 N–H and O–H groups in total. The third-order valence-corrected chi connectivity index (χ3v) is 2.05. The predicted molar refractivity (Wildman–Crippen MR) is 51.6 cm³/mol. The van der Waals surface area contributed by atoms with E-state index in [9.17, 15) is 9.59 Å². The second-order valence-corrected chi connectivity index (χ2v) is 3.18. The maximum atomic E-state index is 11.1. The van der Waals surface area contributed by atoms with Gasteiger partial charge < -0.3 is 10.4 Å². The number of nitrogens with one attached hydrogen (secondary N) is 1. The van der Waals surface area contributed by atoms with Crippen LogP contribution >= 0.6 is 0 Å². The highest BCUT2D eigenvalue weighted by atomic mass is 16.4. The number of carboxylic acid groups (broad SMARTS) is 1. The predicted octanol–water partition coefficient (Wildman–Crippen LogP) is 0.708. The van der Waals surface area contributed by atoms with Crippen molar-refractivity contribution in [3.63, 3.8) is 0 Å². The molecule has 0 saturated carbocycles. The first kappa shape index (κ1) is 10.5. The van der Waals surface area contributed by atoms with Crippen LogP contribution in [0.5, 0.6) is 0 Å². The number of carbonyl (C=O) groups excluding carboxylic acids is 1. The first-order chi connectivity index (χ1) is 6.63. The van der Waals surface area contributed by atoms with Gasteiger partial charge in [-0.3, -0.25) is 9.59 Å². The summed E-state index contributed by atoms with van der Waals surface area (Å²) in [5, 5.41) is 11.4. The van der Waals surface area contributed by atoms with Crippen LogP contribution < -0.4 is 5.32 Å². The Bertz CT molecular complexity index is 294. The number of carbonyl (C=O) groups is 2. The molecule has 0 aromatic carbocycles. The topological polar surface area (TPSA) is 66.4 Å². The van der Waals surface area contributed by atoms with Crippen LogP contribution in [0.25, 0.3) is 0 Å². The number of allylic oxidation sites excluding steroid dienone is 1. The average molecular weight is 195 g/mol.